The first-order valence-corrected chi connectivity index (χ1v) is 14.6. The minimum atomic E-state index is -1.02. The van der Waals surface area contributed by atoms with Crippen molar-refractivity contribution in [2.45, 2.75) is 91.1 Å². The molecule has 0 aliphatic heterocycles. The second-order valence-corrected chi connectivity index (χ2v) is 10.6. The van der Waals surface area contributed by atoms with Gasteiger partial charge in [-0.05, 0) is 43.9 Å². The Labute approximate surface area is 228 Å². The average molecular weight is 525 g/mol. The summed E-state index contributed by atoms with van der Waals surface area (Å²) >= 11 is 0. The summed E-state index contributed by atoms with van der Waals surface area (Å²) in [5.74, 6) is -0.617. The van der Waals surface area contributed by atoms with Gasteiger partial charge in [-0.3, -0.25) is 9.59 Å². The Hall–Kier alpha value is -2.86. The summed E-state index contributed by atoms with van der Waals surface area (Å²) < 4.78 is 0. The Balaban J connectivity index is 1.78. The number of nitrogens with zero attached hydrogens (tertiary/aromatic N) is 2. The summed E-state index contributed by atoms with van der Waals surface area (Å²) in [5, 5.41) is 21.9. The molecule has 0 aromatic heterocycles. The van der Waals surface area contributed by atoms with Crippen molar-refractivity contribution >= 4 is 17.3 Å². The van der Waals surface area contributed by atoms with Gasteiger partial charge in [0.25, 0.3) is 0 Å². The number of anilines is 1. The van der Waals surface area contributed by atoms with E-state index in [1.54, 1.807) is 24.3 Å². The normalized spacial score (nSPS) is 20.9. The van der Waals surface area contributed by atoms with E-state index in [1.807, 2.05) is 12.1 Å². The lowest BCUT2D eigenvalue weighted by atomic mass is 9.68. The van der Waals surface area contributed by atoms with Crippen molar-refractivity contribution in [3.63, 3.8) is 0 Å². The third kappa shape index (κ3) is 6.76. The van der Waals surface area contributed by atoms with Gasteiger partial charge in [-0.1, -0.05) is 59.4 Å². The van der Waals surface area contributed by atoms with E-state index in [0.29, 0.717) is 16.7 Å². The van der Waals surface area contributed by atoms with Crippen LogP contribution in [0.2, 0.25) is 0 Å². The van der Waals surface area contributed by atoms with Crippen molar-refractivity contribution in [2.75, 3.05) is 31.1 Å². The summed E-state index contributed by atoms with van der Waals surface area (Å²) in [6, 6.07) is 5.51. The fourth-order valence-electron chi connectivity index (χ4n) is 5.23. The van der Waals surface area contributed by atoms with Crippen LogP contribution in [0.4, 0.5) is 5.69 Å². The first-order chi connectivity index (χ1) is 18.4. The van der Waals surface area contributed by atoms with Crippen LogP contribution in [0.15, 0.2) is 53.3 Å². The first kappa shape index (κ1) is 29.7. The number of phenols is 1. The number of phenolic OH excluding ortho intramolecular Hbond substituents is 1. The maximum atomic E-state index is 11.1. The highest BCUT2D eigenvalue weighted by Gasteiger charge is 2.54. The molecule has 0 saturated heterocycles. The zero-order chi connectivity index (χ0) is 27.7. The van der Waals surface area contributed by atoms with Gasteiger partial charge in [-0.2, -0.15) is 0 Å². The van der Waals surface area contributed by atoms with Gasteiger partial charge in [0.15, 0.2) is 0 Å². The van der Waals surface area contributed by atoms with Crippen LogP contribution in [0.1, 0.15) is 90.5 Å². The molecule has 0 radical (unpaired) electrons. The number of hydrogen-bond acceptors (Lipinski definition) is 4. The van der Waals surface area contributed by atoms with Crippen LogP contribution in [0.5, 0.6) is 5.75 Å². The average Bonchev–Trinajstić information content (AvgIpc) is 2.91. The Kier molecular flexibility index (Phi) is 11.2. The van der Waals surface area contributed by atoms with E-state index in [0.717, 1.165) is 88.9 Å². The molecule has 3 rings (SSSR count). The minimum absolute atomic E-state index is 0.00811. The van der Waals surface area contributed by atoms with E-state index >= 15 is 0 Å². The topological polar surface area (TPSA) is 89.7 Å². The van der Waals surface area contributed by atoms with Crippen molar-refractivity contribution < 1.29 is 19.8 Å². The molecule has 1 fully saturated rings. The fraction of sp³-hybridized carbons (Fsp3) is 0.562. The molecule has 0 bridgehead atoms. The molecule has 2 aliphatic carbocycles. The van der Waals surface area contributed by atoms with Gasteiger partial charge in [0.2, 0.25) is 0 Å². The van der Waals surface area contributed by atoms with Gasteiger partial charge in [-0.25, -0.2) is 0 Å². The van der Waals surface area contributed by atoms with Gasteiger partial charge in [0.1, 0.15) is 17.8 Å². The van der Waals surface area contributed by atoms with E-state index in [-0.39, 0.29) is 17.3 Å². The molecule has 38 heavy (non-hydrogen) atoms. The largest absolute Gasteiger partial charge is 0.508 e. The molecular weight excluding hydrogens is 476 g/mol. The molecule has 208 valence electrons. The van der Waals surface area contributed by atoms with E-state index in [1.165, 1.54) is 0 Å². The number of allylic oxidation sites excluding steroid dienone is 4. The van der Waals surface area contributed by atoms with Crippen molar-refractivity contribution in [3.05, 3.63) is 58.8 Å². The van der Waals surface area contributed by atoms with E-state index in [9.17, 15) is 19.8 Å². The van der Waals surface area contributed by atoms with Gasteiger partial charge in [0.05, 0.1) is 17.2 Å². The Morgan fingerprint density at radius 3 is 1.82 bits per heavy atom. The number of hydrogen-bond donors (Lipinski definition) is 2. The number of ketones is 2. The van der Waals surface area contributed by atoms with Crippen molar-refractivity contribution in [3.8, 4) is 5.75 Å². The molecule has 4 N–H and O–H groups in total. The summed E-state index contributed by atoms with van der Waals surface area (Å²) in [6.07, 6.45) is 13.2. The number of rotatable bonds is 15. The number of carbonyl (C=O) groups excluding carboxylic acids is 2. The van der Waals surface area contributed by atoms with Crippen molar-refractivity contribution in [1.29, 1.82) is 0 Å². The highest BCUT2D eigenvalue weighted by molar-refractivity contribution is 6.20. The highest BCUT2D eigenvalue weighted by Crippen LogP contribution is 2.44. The molecule has 0 spiro atoms. The second kappa shape index (κ2) is 14.3. The van der Waals surface area contributed by atoms with Crippen molar-refractivity contribution in [2.24, 2.45) is 0 Å². The molecule has 0 amide bonds. The van der Waals surface area contributed by atoms with Crippen LogP contribution in [-0.4, -0.2) is 68.6 Å². The predicted octanol–water partition coefficient (Wildman–Crippen LogP) is 6.00. The maximum absolute atomic E-state index is 11.1. The summed E-state index contributed by atoms with van der Waals surface area (Å²) in [4.78, 5) is 26.4. The zero-order valence-corrected chi connectivity index (χ0v) is 23.8. The smallest absolute Gasteiger partial charge is 0.349 e. The van der Waals surface area contributed by atoms with Gasteiger partial charge < -0.3 is 20.0 Å². The quantitative estimate of drug-likeness (QED) is 0.218. The number of aliphatic hydroxyl groups excluding tert-OH is 1. The van der Waals surface area contributed by atoms with E-state index in [4.69, 9.17) is 0 Å². The third-order valence-corrected chi connectivity index (χ3v) is 7.66. The van der Waals surface area contributed by atoms with Gasteiger partial charge in [0, 0.05) is 49.2 Å². The lowest BCUT2D eigenvalue weighted by Crippen LogP contribution is -2.45. The van der Waals surface area contributed by atoms with Crippen molar-refractivity contribution in [1.82, 2.24) is 4.90 Å². The van der Waals surface area contributed by atoms with Crippen LogP contribution < -0.4 is 4.90 Å². The predicted molar refractivity (Wildman–Crippen MR) is 158 cm³/mol. The Morgan fingerprint density at radius 2 is 1.34 bits per heavy atom. The number of unbranched alkanes of at least 4 members (excludes halogenated alkanes) is 4. The van der Waals surface area contributed by atoms with Gasteiger partial charge in [-0.15, -0.1) is 0 Å². The Morgan fingerprint density at radius 1 is 0.789 bits per heavy atom. The molecule has 2 aliphatic rings. The lowest BCUT2D eigenvalue weighted by Gasteiger charge is -2.32. The van der Waals surface area contributed by atoms with Gasteiger partial charge >= 0.3 is 11.6 Å². The Bertz CT molecular complexity index is 1060. The number of aromatic hydroxyl groups is 1. The molecule has 6 nitrogen and oxygen atoms in total. The number of aliphatic hydroxyl groups is 1. The minimum Gasteiger partial charge on any atom is -0.508 e. The van der Waals surface area contributed by atoms with Crippen LogP contribution in [0, 0.1) is 0 Å². The fourth-order valence-corrected chi connectivity index (χ4v) is 5.23. The molecule has 2 atom stereocenters. The molecule has 1 saturated carbocycles. The molecule has 6 heteroatoms. The molecule has 2 unspecified atom stereocenters. The summed E-state index contributed by atoms with van der Waals surface area (Å²) in [5.41, 5.74) is 3.15. The van der Waals surface area contributed by atoms with Crippen LogP contribution in [0.3, 0.4) is 0 Å². The number of benzene rings is 1. The SMILES string of the molecule is CCCCN(CCCC)C1=CC(=[OH+])C(=C2C(=[OH+])C(c3ccc(N(CCCC)CCCC)cc3O)C2O)C=C1. The molecule has 1 aromatic rings. The molecule has 1 aromatic carbocycles. The molecular formula is C32H48N2O4+2. The zero-order valence-electron chi connectivity index (χ0n) is 23.8. The summed E-state index contributed by atoms with van der Waals surface area (Å²) in [7, 11) is 0. The highest BCUT2D eigenvalue weighted by atomic mass is 16.3. The standard InChI is InChI=1S/C32H46N2O4/c1-5-9-17-33(18-10-6-2)23-13-15-25(27(35)21-23)29-31(37)30(32(29)38)26-16-14-24(22-28(26)36)34(19-11-7-3)20-12-8-4/h13-16,21-22,29,31,35,37H,5-12,17-20H2,1-4H3/p+2. The third-order valence-electron chi connectivity index (χ3n) is 7.66. The monoisotopic (exact) mass is 524 g/mol. The maximum Gasteiger partial charge on any atom is 0.349 e. The van der Waals surface area contributed by atoms with Crippen LogP contribution >= 0.6 is 0 Å². The second-order valence-electron chi connectivity index (χ2n) is 10.6. The first-order valence-electron chi connectivity index (χ1n) is 14.6. The summed E-state index contributed by atoms with van der Waals surface area (Å²) in [6.45, 7) is 12.4. The van der Waals surface area contributed by atoms with E-state index in [2.05, 4.69) is 37.5 Å². The lowest BCUT2D eigenvalue weighted by molar-refractivity contribution is 0.178. The molecule has 0 heterocycles. The van der Waals surface area contributed by atoms with E-state index < -0.39 is 12.0 Å². The van der Waals surface area contributed by atoms with Crippen LogP contribution in [0.25, 0.3) is 0 Å². The van der Waals surface area contributed by atoms with Crippen LogP contribution in [-0.2, 0) is 0 Å².